The van der Waals surface area contributed by atoms with Gasteiger partial charge in [-0.1, -0.05) is 12.1 Å². The minimum absolute atomic E-state index is 0.480. The number of hydrogen-bond donors (Lipinski definition) is 1. The maximum Gasteiger partial charge on any atom is 0.119 e. The molecule has 0 radical (unpaired) electrons. The Labute approximate surface area is 91.6 Å². The Balaban J connectivity index is 1.85. The molecular weight excluding hydrogens is 186 g/mol. The van der Waals surface area contributed by atoms with Crippen LogP contribution in [0.25, 0.3) is 0 Å². The smallest absolute Gasteiger partial charge is 0.119 e. The minimum Gasteiger partial charge on any atom is -0.490 e. The fourth-order valence-corrected chi connectivity index (χ4v) is 1.69. The Hall–Kier alpha value is -1.02. The number of rotatable bonds is 5. The molecular formula is C13H19NO. The molecule has 0 spiro atoms. The second kappa shape index (κ2) is 5.17. The van der Waals surface area contributed by atoms with E-state index in [1.165, 1.54) is 24.8 Å². The normalized spacial score (nSPS) is 16.1. The van der Waals surface area contributed by atoms with E-state index in [9.17, 15) is 0 Å². The van der Waals surface area contributed by atoms with Crippen LogP contribution in [-0.4, -0.2) is 19.7 Å². The zero-order valence-corrected chi connectivity index (χ0v) is 9.33. The molecule has 2 rings (SSSR count). The van der Waals surface area contributed by atoms with Crippen LogP contribution in [0.1, 0.15) is 24.8 Å². The van der Waals surface area contributed by atoms with Gasteiger partial charge in [0.1, 0.15) is 5.75 Å². The van der Waals surface area contributed by atoms with E-state index in [-0.39, 0.29) is 0 Å². The fourth-order valence-electron chi connectivity index (χ4n) is 1.69. The Morgan fingerprint density at radius 1 is 1.27 bits per heavy atom. The molecule has 0 bridgehead atoms. The first-order valence-electron chi connectivity index (χ1n) is 5.78. The molecule has 2 heteroatoms. The van der Waals surface area contributed by atoms with Crippen LogP contribution < -0.4 is 10.1 Å². The molecule has 1 saturated carbocycles. The zero-order valence-electron chi connectivity index (χ0n) is 9.33. The lowest BCUT2D eigenvalue weighted by Gasteiger charge is -2.26. The minimum atomic E-state index is 0.480. The van der Waals surface area contributed by atoms with Gasteiger partial charge in [-0.3, -0.25) is 0 Å². The monoisotopic (exact) mass is 205 g/mol. The van der Waals surface area contributed by atoms with Crippen molar-refractivity contribution in [3.63, 3.8) is 0 Å². The average Bonchev–Trinajstić information content (AvgIpc) is 2.22. The van der Waals surface area contributed by atoms with E-state index in [2.05, 4.69) is 29.6 Å². The molecule has 0 unspecified atom stereocenters. The molecule has 1 N–H and O–H groups in total. The standard InChI is InChI=1S/C13H19NO/c1-14-10-9-11-5-7-13(8-6-11)15-12-3-2-4-12/h5-8,12,14H,2-4,9-10H2,1H3. The molecule has 82 valence electrons. The van der Waals surface area contributed by atoms with Crippen LogP contribution in [0.3, 0.4) is 0 Å². The Kier molecular flexibility index (Phi) is 3.62. The summed E-state index contributed by atoms with van der Waals surface area (Å²) in [5, 5.41) is 3.15. The van der Waals surface area contributed by atoms with Crippen LogP contribution >= 0.6 is 0 Å². The van der Waals surface area contributed by atoms with Crippen molar-refractivity contribution >= 4 is 0 Å². The van der Waals surface area contributed by atoms with Gasteiger partial charge in [-0.2, -0.15) is 0 Å². The largest absolute Gasteiger partial charge is 0.490 e. The maximum atomic E-state index is 5.79. The van der Waals surface area contributed by atoms with Gasteiger partial charge in [-0.15, -0.1) is 0 Å². The number of ether oxygens (including phenoxy) is 1. The lowest BCUT2D eigenvalue weighted by Crippen LogP contribution is -2.24. The lowest BCUT2D eigenvalue weighted by molar-refractivity contribution is 0.120. The summed E-state index contributed by atoms with van der Waals surface area (Å²) in [6.07, 6.45) is 5.34. The summed E-state index contributed by atoms with van der Waals surface area (Å²) in [4.78, 5) is 0. The molecule has 1 aromatic carbocycles. The average molecular weight is 205 g/mol. The maximum absolute atomic E-state index is 5.79. The lowest BCUT2D eigenvalue weighted by atomic mass is 9.96. The second-order valence-corrected chi connectivity index (χ2v) is 4.17. The third kappa shape index (κ3) is 2.96. The van der Waals surface area contributed by atoms with Crippen molar-refractivity contribution < 1.29 is 4.74 Å². The molecule has 0 amide bonds. The van der Waals surface area contributed by atoms with Gasteiger partial charge in [-0.25, -0.2) is 0 Å². The van der Waals surface area contributed by atoms with E-state index in [0.29, 0.717) is 6.10 Å². The van der Waals surface area contributed by atoms with Crippen LogP contribution in [0.4, 0.5) is 0 Å². The first-order valence-corrected chi connectivity index (χ1v) is 5.78. The van der Waals surface area contributed by atoms with Gasteiger partial charge in [0.2, 0.25) is 0 Å². The predicted molar refractivity (Wildman–Crippen MR) is 62.3 cm³/mol. The molecule has 1 fully saturated rings. The summed E-state index contributed by atoms with van der Waals surface area (Å²) in [6.45, 7) is 1.03. The number of hydrogen-bond acceptors (Lipinski definition) is 2. The van der Waals surface area contributed by atoms with E-state index in [1.54, 1.807) is 0 Å². The SMILES string of the molecule is CNCCc1ccc(OC2CCC2)cc1. The van der Waals surface area contributed by atoms with Gasteiger partial charge < -0.3 is 10.1 Å². The van der Waals surface area contributed by atoms with Gasteiger partial charge in [0.25, 0.3) is 0 Å². The number of likely N-dealkylation sites (N-methyl/N-ethyl adjacent to an activating group) is 1. The number of benzene rings is 1. The van der Waals surface area contributed by atoms with Gasteiger partial charge in [0.05, 0.1) is 6.10 Å². The summed E-state index contributed by atoms with van der Waals surface area (Å²) < 4.78 is 5.79. The highest BCUT2D eigenvalue weighted by molar-refractivity contribution is 5.27. The summed E-state index contributed by atoms with van der Waals surface area (Å²) in [5.41, 5.74) is 1.37. The van der Waals surface area contributed by atoms with Crippen LogP contribution in [0, 0.1) is 0 Å². The summed E-state index contributed by atoms with van der Waals surface area (Å²) in [6, 6.07) is 8.49. The van der Waals surface area contributed by atoms with Gasteiger partial charge in [0.15, 0.2) is 0 Å². The van der Waals surface area contributed by atoms with Crippen molar-refractivity contribution in [2.24, 2.45) is 0 Å². The Bertz CT molecular complexity index is 290. The molecule has 15 heavy (non-hydrogen) atoms. The Morgan fingerprint density at radius 3 is 2.53 bits per heavy atom. The van der Waals surface area contributed by atoms with E-state index in [4.69, 9.17) is 4.74 Å². The molecule has 2 nitrogen and oxygen atoms in total. The summed E-state index contributed by atoms with van der Waals surface area (Å²) in [7, 11) is 1.98. The van der Waals surface area contributed by atoms with Crippen LogP contribution in [-0.2, 0) is 6.42 Å². The highest BCUT2D eigenvalue weighted by atomic mass is 16.5. The number of nitrogens with one attached hydrogen (secondary N) is 1. The van der Waals surface area contributed by atoms with E-state index in [1.807, 2.05) is 7.05 Å². The third-order valence-corrected chi connectivity index (χ3v) is 2.94. The first kappa shape index (κ1) is 10.5. The quantitative estimate of drug-likeness (QED) is 0.797. The second-order valence-electron chi connectivity index (χ2n) is 4.17. The van der Waals surface area contributed by atoms with Crippen molar-refractivity contribution in [3.05, 3.63) is 29.8 Å². The van der Waals surface area contributed by atoms with Crippen LogP contribution in [0.15, 0.2) is 24.3 Å². The van der Waals surface area contributed by atoms with Crippen molar-refractivity contribution in [1.29, 1.82) is 0 Å². The van der Waals surface area contributed by atoms with E-state index < -0.39 is 0 Å². The highest BCUT2D eigenvalue weighted by Gasteiger charge is 2.18. The molecule has 1 aliphatic rings. The predicted octanol–water partition coefficient (Wildman–Crippen LogP) is 2.38. The molecule has 0 aliphatic heterocycles. The van der Waals surface area contributed by atoms with E-state index >= 15 is 0 Å². The third-order valence-electron chi connectivity index (χ3n) is 2.94. The molecule has 0 atom stereocenters. The van der Waals surface area contributed by atoms with Crippen molar-refractivity contribution in [3.8, 4) is 5.75 Å². The fraction of sp³-hybridized carbons (Fsp3) is 0.538. The zero-order chi connectivity index (χ0) is 10.5. The van der Waals surface area contributed by atoms with Crippen molar-refractivity contribution in [1.82, 2.24) is 5.32 Å². The van der Waals surface area contributed by atoms with E-state index in [0.717, 1.165) is 18.7 Å². The van der Waals surface area contributed by atoms with Gasteiger partial charge in [0, 0.05) is 0 Å². The molecule has 0 heterocycles. The summed E-state index contributed by atoms with van der Waals surface area (Å²) in [5.74, 6) is 1.02. The molecule has 0 saturated heterocycles. The van der Waals surface area contributed by atoms with Gasteiger partial charge >= 0.3 is 0 Å². The van der Waals surface area contributed by atoms with Crippen molar-refractivity contribution in [2.45, 2.75) is 31.8 Å². The van der Waals surface area contributed by atoms with Crippen molar-refractivity contribution in [2.75, 3.05) is 13.6 Å². The first-order chi connectivity index (χ1) is 7.38. The van der Waals surface area contributed by atoms with Crippen LogP contribution in [0.5, 0.6) is 5.75 Å². The highest BCUT2D eigenvalue weighted by Crippen LogP contribution is 2.25. The Morgan fingerprint density at radius 2 is 2.00 bits per heavy atom. The summed E-state index contributed by atoms with van der Waals surface area (Å²) >= 11 is 0. The van der Waals surface area contributed by atoms with Gasteiger partial charge in [-0.05, 0) is 57.0 Å². The molecule has 1 aliphatic carbocycles. The molecule has 1 aromatic rings. The topological polar surface area (TPSA) is 21.3 Å². The van der Waals surface area contributed by atoms with Crippen LogP contribution in [0.2, 0.25) is 0 Å². The molecule has 0 aromatic heterocycles.